The number of benzene rings is 2. The molecule has 0 amide bonds. The lowest BCUT2D eigenvalue weighted by atomic mass is 9.92. The molecule has 0 unspecified atom stereocenters. The van der Waals surface area contributed by atoms with Crippen LogP contribution in [0.4, 0.5) is 37.7 Å². The van der Waals surface area contributed by atoms with Crippen molar-refractivity contribution >= 4 is 33.6 Å². The van der Waals surface area contributed by atoms with Gasteiger partial charge in [0.25, 0.3) is 0 Å². The van der Waals surface area contributed by atoms with Crippen molar-refractivity contribution < 1.29 is 31.1 Å². The van der Waals surface area contributed by atoms with Crippen LogP contribution in [0.25, 0.3) is 27.5 Å². The zero-order valence-corrected chi connectivity index (χ0v) is 17.6. The molecule has 0 spiro atoms. The Morgan fingerprint density at radius 3 is 2.46 bits per heavy atom. The number of carbonyl (C=O) groups is 1. The minimum absolute atomic E-state index is 0.0708. The van der Waals surface area contributed by atoms with Gasteiger partial charge in [0.15, 0.2) is 17.5 Å². The lowest BCUT2D eigenvalue weighted by Gasteiger charge is -2.24. The molecule has 0 radical (unpaired) electrons. The second kappa shape index (κ2) is 6.87. The van der Waals surface area contributed by atoms with Crippen LogP contribution in [0.5, 0.6) is 0 Å². The summed E-state index contributed by atoms with van der Waals surface area (Å²) in [6.07, 6.45) is -1.80. The van der Waals surface area contributed by atoms with Gasteiger partial charge in [-0.2, -0.15) is 18.3 Å². The van der Waals surface area contributed by atoms with Crippen molar-refractivity contribution in [3.63, 3.8) is 0 Å². The standard InChI is InChI=1S/C24H12F6N4O/c1-33-17-7-13(24(28,29)30)19-11-3-2-4-34-18(23(35)10-5-14(25)20(27)15(26)6-10)8-16(22(11)34)32-21(19)12(17)9-31-33/h2-9,32H,1H3. The van der Waals surface area contributed by atoms with Crippen LogP contribution in [0.2, 0.25) is 0 Å². The number of pyridine rings is 1. The number of ketones is 1. The molecule has 0 fully saturated rings. The van der Waals surface area contributed by atoms with E-state index in [0.717, 1.165) is 6.07 Å². The van der Waals surface area contributed by atoms with Crippen LogP contribution < -0.4 is 5.32 Å². The number of anilines is 2. The Bertz CT molecular complexity index is 1710. The van der Waals surface area contributed by atoms with E-state index >= 15 is 0 Å². The fraction of sp³-hybridized carbons (Fsp3) is 0.0833. The van der Waals surface area contributed by atoms with E-state index in [4.69, 9.17) is 0 Å². The number of hydrogen-bond acceptors (Lipinski definition) is 3. The second-order valence-electron chi connectivity index (χ2n) is 8.16. The van der Waals surface area contributed by atoms with Crippen LogP contribution >= 0.6 is 0 Å². The number of fused-ring (bicyclic) bond motifs is 4. The highest BCUT2D eigenvalue weighted by Crippen LogP contribution is 2.51. The third-order valence-corrected chi connectivity index (χ3v) is 6.16. The van der Waals surface area contributed by atoms with Gasteiger partial charge >= 0.3 is 6.18 Å². The molecular weight excluding hydrogens is 474 g/mol. The highest BCUT2D eigenvalue weighted by atomic mass is 19.4. The van der Waals surface area contributed by atoms with Gasteiger partial charge in [0.2, 0.25) is 5.78 Å². The number of aromatic nitrogens is 3. The molecular formula is C24H12F6N4O. The summed E-state index contributed by atoms with van der Waals surface area (Å²) in [7, 11) is 1.53. The van der Waals surface area contributed by atoms with E-state index in [1.54, 1.807) is 0 Å². The van der Waals surface area contributed by atoms with Gasteiger partial charge in [-0.1, -0.05) is 6.07 Å². The zero-order chi connectivity index (χ0) is 24.8. The largest absolute Gasteiger partial charge is 0.417 e. The number of alkyl halides is 3. The van der Waals surface area contributed by atoms with Crippen LogP contribution in [-0.2, 0) is 13.2 Å². The van der Waals surface area contributed by atoms with Crippen molar-refractivity contribution in [2.45, 2.75) is 6.18 Å². The number of nitrogens with one attached hydrogen (secondary N) is 1. The molecule has 176 valence electrons. The Kier molecular flexibility index (Phi) is 4.18. The maximum atomic E-state index is 14.1. The molecule has 0 saturated carbocycles. The molecule has 0 atom stereocenters. The first-order valence-corrected chi connectivity index (χ1v) is 10.2. The smallest absolute Gasteiger partial charge is 0.353 e. The van der Waals surface area contributed by atoms with E-state index in [-0.39, 0.29) is 33.5 Å². The van der Waals surface area contributed by atoms with Crippen molar-refractivity contribution in [1.82, 2.24) is 14.2 Å². The Hall–Kier alpha value is -4.28. The molecule has 5 nitrogen and oxygen atoms in total. The number of hydrogen-bond donors (Lipinski definition) is 1. The zero-order valence-electron chi connectivity index (χ0n) is 17.6. The van der Waals surface area contributed by atoms with Gasteiger partial charge in [0.1, 0.15) is 0 Å². The van der Waals surface area contributed by atoms with Crippen LogP contribution in [0, 0.1) is 17.5 Å². The summed E-state index contributed by atoms with van der Waals surface area (Å²) < 4.78 is 86.0. The molecule has 6 rings (SSSR count). The molecule has 11 heteroatoms. The van der Waals surface area contributed by atoms with E-state index in [2.05, 4.69) is 10.4 Å². The number of aryl methyl sites for hydroxylation is 1. The van der Waals surface area contributed by atoms with Gasteiger partial charge in [-0.25, -0.2) is 13.2 Å². The van der Waals surface area contributed by atoms with Gasteiger partial charge in [-0.05, 0) is 30.3 Å². The lowest BCUT2D eigenvalue weighted by Crippen LogP contribution is -2.12. The topological polar surface area (TPSA) is 51.3 Å². The molecule has 35 heavy (non-hydrogen) atoms. The molecule has 0 bridgehead atoms. The first kappa shape index (κ1) is 21.3. The Morgan fingerprint density at radius 2 is 1.77 bits per heavy atom. The summed E-state index contributed by atoms with van der Waals surface area (Å²) in [6.45, 7) is 0. The first-order chi connectivity index (χ1) is 16.6. The minimum Gasteiger partial charge on any atom is -0.353 e. The quantitative estimate of drug-likeness (QED) is 0.180. The molecule has 2 aromatic carbocycles. The second-order valence-corrected chi connectivity index (χ2v) is 8.16. The highest BCUT2D eigenvalue weighted by molar-refractivity contribution is 6.15. The van der Waals surface area contributed by atoms with Crippen molar-refractivity contribution in [2.24, 2.45) is 7.05 Å². The predicted octanol–water partition coefficient (Wildman–Crippen LogP) is 6.22. The van der Waals surface area contributed by atoms with Crippen molar-refractivity contribution in [3.8, 4) is 11.1 Å². The molecule has 1 N–H and O–H groups in total. The minimum atomic E-state index is -4.69. The maximum absolute atomic E-state index is 14.1. The number of rotatable bonds is 2. The molecule has 4 heterocycles. The first-order valence-electron chi connectivity index (χ1n) is 10.2. The van der Waals surface area contributed by atoms with E-state index in [0.29, 0.717) is 23.2 Å². The van der Waals surface area contributed by atoms with Crippen molar-refractivity contribution in [1.29, 1.82) is 0 Å². The van der Waals surface area contributed by atoms with Crippen LogP contribution in [0.15, 0.2) is 48.8 Å². The van der Waals surface area contributed by atoms with Gasteiger partial charge in [-0.3, -0.25) is 9.48 Å². The third kappa shape index (κ3) is 2.90. The van der Waals surface area contributed by atoms with E-state index in [1.807, 2.05) is 0 Å². The third-order valence-electron chi connectivity index (χ3n) is 6.16. The van der Waals surface area contributed by atoms with E-state index in [9.17, 15) is 31.1 Å². The van der Waals surface area contributed by atoms with E-state index < -0.39 is 40.5 Å². The molecule has 1 aliphatic heterocycles. The van der Waals surface area contributed by atoms with Crippen LogP contribution in [0.1, 0.15) is 21.6 Å². The average molecular weight is 486 g/mol. The van der Waals surface area contributed by atoms with Crippen molar-refractivity contribution in [3.05, 3.63) is 83.1 Å². The summed E-state index contributed by atoms with van der Waals surface area (Å²) >= 11 is 0. The summed E-state index contributed by atoms with van der Waals surface area (Å²) in [5.74, 6) is -5.60. The molecule has 0 saturated heterocycles. The summed E-state index contributed by atoms with van der Waals surface area (Å²) in [5.41, 5.74) is -0.259. The van der Waals surface area contributed by atoms with Gasteiger partial charge < -0.3 is 9.72 Å². The normalized spacial score (nSPS) is 12.8. The molecule has 0 aliphatic carbocycles. The fourth-order valence-corrected chi connectivity index (χ4v) is 4.62. The Morgan fingerprint density at radius 1 is 1.06 bits per heavy atom. The van der Waals surface area contributed by atoms with Gasteiger partial charge in [-0.15, -0.1) is 0 Å². The fourth-order valence-electron chi connectivity index (χ4n) is 4.62. The summed E-state index contributed by atoms with van der Waals surface area (Å²) in [4.78, 5) is 13.2. The number of carbonyl (C=O) groups excluding carboxylic acids is 1. The van der Waals surface area contributed by atoms with Crippen LogP contribution in [-0.4, -0.2) is 20.0 Å². The average Bonchev–Trinajstić information content (AvgIpc) is 3.37. The molecule has 5 aromatic rings. The van der Waals surface area contributed by atoms with Crippen LogP contribution in [0.3, 0.4) is 0 Å². The Labute approximate surface area is 192 Å². The molecule has 3 aromatic heterocycles. The van der Waals surface area contributed by atoms with E-state index in [1.165, 1.54) is 46.7 Å². The van der Waals surface area contributed by atoms with Gasteiger partial charge in [0.05, 0.1) is 39.9 Å². The maximum Gasteiger partial charge on any atom is 0.417 e. The monoisotopic (exact) mass is 486 g/mol. The summed E-state index contributed by atoms with van der Waals surface area (Å²) in [6, 6.07) is 6.53. The Balaban J connectivity index is 1.63. The number of halogens is 6. The SMILES string of the molecule is Cn1ncc2c3c(c(C(F)(F)F)cc21)-c1cccn2c(C(=O)c4cc(F)c(F)c(F)c4)cc(c12)N3. The lowest BCUT2D eigenvalue weighted by molar-refractivity contribution is -0.137. The van der Waals surface area contributed by atoms with Crippen molar-refractivity contribution in [2.75, 3.05) is 5.32 Å². The molecule has 1 aliphatic rings. The van der Waals surface area contributed by atoms with Gasteiger partial charge in [0, 0.05) is 35.3 Å². The highest BCUT2D eigenvalue weighted by Gasteiger charge is 2.39. The predicted molar refractivity (Wildman–Crippen MR) is 115 cm³/mol. The number of nitrogens with zero attached hydrogens (tertiary/aromatic N) is 3. The summed E-state index contributed by atoms with van der Waals surface area (Å²) in [5, 5.41) is 7.52.